The number of aromatic carboxylic acids is 1. The molecule has 0 bridgehead atoms. The molecule has 0 aliphatic carbocycles. The van der Waals surface area contributed by atoms with Crippen molar-refractivity contribution in [1.29, 1.82) is 0 Å². The zero-order valence-corrected chi connectivity index (χ0v) is 12.2. The number of hydrogen-bond donors (Lipinski definition) is 2. The second-order valence-corrected chi connectivity index (χ2v) is 6.26. The topological polar surface area (TPSA) is 110 Å². The third-order valence-corrected chi connectivity index (χ3v) is 4.52. The summed E-state index contributed by atoms with van der Waals surface area (Å²) in [5.41, 5.74) is 0.877. The molecule has 2 N–H and O–H groups in total. The van der Waals surface area contributed by atoms with Gasteiger partial charge in [0.2, 0.25) is 10.0 Å². The minimum absolute atomic E-state index is 0.0491. The summed E-state index contributed by atoms with van der Waals surface area (Å²) in [6.07, 6.45) is 1.34. The van der Waals surface area contributed by atoms with E-state index in [2.05, 4.69) is 14.4 Å². The maximum Gasteiger partial charge on any atom is 0.335 e. The minimum Gasteiger partial charge on any atom is -0.478 e. The Morgan fingerprint density at radius 2 is 2.10 bits per heavy atom. The fourth-order valence-corrected chi connectivity index (χ4v) is 3.05. The maximum absolute atomic E-state index is 12.3. The van der Waals surface area contributed by atoms with Crippen LogP contribution in [0.5, 0.6) is 0 Å². The number of hydrogen-bond acceptors (Lipinski definition) is 5. The molecule has 1 atom stereocenters. The Labute approximate surface area is 121 Å². The number of sulfonamides is 1. The summed E-state index contributed by atoms with van der Waals surface area (Å²) in [4.78, 5) is 11.0. The van der Waals surface area contributed by atoms with E-state index in [1.54, 1.807) is 19.9 Å². The van der Waals surface area contributed by atoms with E-state index in [9.17, 15) is 13.2 Å². The summed E-state index contributed by atoms with van der Waals surface area (Å²) in [7, 11) is -3.85. The van der Waals surface area contributed by atoms with Crippen LogP contribution in [-0.4, -0.2) is 24.7 Å². The van der Waals surface area contributed by atoms with Crippen molar-refractivity contribution in [3.05, 3.63) is 47.3 Å². The van der Waals surface area contributed by atoms with E-state index < -0.39 is 22.0 Å². The van der Waals surface area contributed by atoms with E-state index in [0.29, 0.717) is 11.3 Å². The summed E-state index contributed by atoms with van der Waals surface area (Å²) in [6.45, 7) is 3.22. The van der Waals surface area contributed by atoms with Crippen molar-refractivity contribution < 1.29 is 22.8 Å². The monoisotopic (exact) mass is 310 g/mol. The van der Waals surface area contributed by atoms with Gasteiger partial charge < -0.3 is 9.63 Å². The minimum atomic E-state index is -3.85. The molecule has 0 amide bonds. The van der Waals surface area contributed by atoms with Gasteiger partial charge in [-0.15, -0.1) is 0 Å². The summed E-state index contributed by atoms with van der Waals surface area (Å²) < 4.78 is 31.6. The van der Waals surface area contributed by atoms with Gasteiger partial charge in [0, 0.05) is 6.07 Å². The van der Waals surface area contributed by atoms with Crippen LogP contribution in [0, 0.1) is 6.92 Å². The number of nitrogens with zero attached hydrogens (tertiary/aromatic N) is 1. The van der Waals surface area contributed by atoms with Crippen molar-refractivity contribution >= 4 is 16.0 Å². The summed E-state index contributed by atoms with van der Waals surface area (Å²) >= 11 is 0. The highest BCUT2D eigenvalue weighted by molar-refractivity contribution is 7.89. The van der Waals surface area contributed by atoms with E-state index in [1.807, 2.05) is 0 Å². The Kier molecular flexibility index (Phi) is 4.10. The van der Waals surface area contributed by atoms with Gasteiger partial charge in [-0.05, 0) is 31.5 Å². The van der Waals surface area contributed by atoms with Crippen LogP contribution in [0.15, 0.2) is 39.9 Å². The smallest absolute Gasteiger partial charge is 0.335 e. The van der Waals surface area contributed by atoms with E-state index in [1.165, 1.54) is 18.4 Å². The van der Waals surface area contributed by atoms with Crippen LogP contribution >= 0.6 is 0 Å². The highest BCUT2D eigenvalue weighted by atomic mass is 32.2. The van der Waals surface area contributed by atoms with E-state index >= 15 is 0 Å². The van der Waals surface area contributed by atoms with Gasteiger partial charge in [-0.2, -0.15) is 0 Å². The van der Waals surface area contributed by atoms with E-state index in [-0.39, 0.29) is 10.5 Å². The number of carboxylic acids is 1. The normalized spacial score (nSPS) is 13.0. The van der Waals surface area contributed by atoms with Crippen molar-refractivity contribution in [2.75, 3.05) is 0 Å². The first-order valence-electron chi connectivity index (χ1n) is 6.08. The lowest BCUT2D eigenvalue weighted by Crippen LogP contribution is -2.27. The van der Waals surface area contributed by atoms with Crippen molar-refractivity contribution in [1.82, 2.24) is 9.88 Å². The van der Waals surface area contributed by atoms with Crippen molar-refractivity contribution in [3.63, 3.8) is 0 Å². The molecule has 7 nitrogen and oxygen atoms in total. The number of rotatable bonds is 5. The average molecular weight is 310 g/mol. The van der Waals surface area contributed by atoms with Gasteiger partial charge in [0.15, 0.2) is 0 Å². The van der Waals surface area contributed by atoms with E-state index in [0.717, 1.165) is 6.07 Å². The molecular formula is C13H14N2O5S. The lowest BCUT2D eigenvalue weighted by molar-refractivity contribution is 0.0696. The Hall–Kier alpha value is -2.19. The van der Waals surface area contributed by atoms with Crippen LogP contribution in [0.25, 0.3) is 0 Å². The fraction of sp³-hybridized carbons (Fsp3) is 0.231. The zero-order chi connectivity index (χ0) is 15.6. The third-order valence-electron chi connectivity index (χ3n) is 2.98. The van der Waals surface area contributed by atoms with Gasteiger partial charge in [-0.25, -0.2) is 17.9 Å². The Balaban J connectivity index is 2.32. The molecule has 0 radical (unpaired) electrons. The Morgan fingerprint density at radius 1 is 1.38 bits per heavy atom. The van der Waals surface area contributed by atoms with Crippen LogP contribution in [0.3, 0.4) is 0 Å². The van der Waals surface area contributed by atoms with Crippen LogP contribution in [0.1, 0.15) is 34.6 Å². The lowest BCUT2D eigenvalue weighted by Gasteiger charge is -2.12. The zero-order valence-electron chi connectivity index (χ0n) is 11.4. The molecule has 0 aliphatic heterocycles. The first-order valence-corrected chi connectivity index (χ1v) is 7.56. The molecule has 0 saturated heterocycles. The molecule has 112 valence electrons. The predicted octanol–water partition coefficient (Wildman–Crippen LogP) is 1.72. The molecule has 0 unspecified atom stereocenters. The SMILES string of the molecule is Cc1ccc(S(=O)(=O)N[C@@H](C)c2ccon2)cc1C(=O)O. The molecule has 0 aliphatic rings. The number of aromatic nitrogens is 1. The molecule has 21 heavy (non-hydrogen) atoms. The lowest BCUT2D eigenvalue weighted by atomic mass is 10.1. The molecular weight excluding hydrogens is 296 g/mol. The highest BCUT2D eigenvalue weighted by Gasteiger charge is 2.21. The van der Waals surface area contributed by atoms with Gasteiger partial charge in [-0.3, -0.25) is 0 Å². The Morgan fingerprint density at radius 3 is 2.67 bits per heavy atom. The van der Waals surface area contributed by atoms with Crippen LogP contribution in [-0.2, 0) is 10.0 Å². The number of nitrogens with one attached hydrogen (secondary N) is 1. The molecule has 1 aromatic carbocycles. The standard InChI is InChI=1S/C13H14N2O5S/c1-8-3-4-10(7-11(8)13(16)17)21(18,19)15-9(2)12-5-6-20-14-12/h3-7,9,15H,1-2H3,(H,16,17)/t9-/m0/s1. The molecule has 0 spiro atoms. The highest BCUT2D eigenvalue weighted by Crippen LogP contribution is 2.18. The van der Waals surface area contributed by atoms with Crippen molar-refractivity contribution in [2.45, 2.75) is 24.8 Å². The van der Waals surface area contributed by atoms with Gasteiger partial charge in [0.05, 0.1) is 16.5 Å². The van der Waals surface area contributed by atoms with Crippen molar-refractivity contribution in [2.24, 2.45) is 0 Å². The molecule has 2 aromatic rings. The predicted molar refractivity (Wildman–Crippen MR) is 73.4 cm³/mol. The van der Waals surface area contributed by atoms with Gasteiger partial charge >= 0.3 is 5.97 Å². The van der Waals surface area contributed by atoms with Gasteiger partial charge in [0.1, 0.15) is 12.0 Å². The number of carboxylic acid groups (broad SMARTS) is 1. The molecule has 1 heterocycles. The third kappa shape index (κ3) is 3.29. The van der Waals surface area contributed by atoms with E-state index in [4.69, 9.17) is 5.11 Å². The Bertz CT molecular complexity index is 753. The fourth-order valence-electron chi connectivity index (χ4n) is 1.81. The van der Waals surface area contributed by atoms with Crippen LogP contribution < -0.4 is 4.72 Å². The van der Waals surface area contributed by atoms with Gasteiger partial charge in [0.25, 0.3) is 0 Å². The molecule has 1 aromatic heterocycles. The first kappa shape index (κ1) is 15.2. The first-order chi connectivity index (χ1) is 9.81. The number of benzene rings is 1. The van der Waals surface area contributed by atoms with Crippen LogP contribution in [0.4, 0.5) is 0 Å². The summed E-state index contributed by atoms with van der Waals surface area (Å²) in [5, 5.41) is 12.7. The quantitative estimate of drug-likeness (QED) is 0.870. The number of aryl methyl sites for hydroxylation is 1. The molecule has 0 fully saturated rings. The maximum atomic E-state index is 12.3. The largest absolute Gasteiger partial charge is 0.478 e. The van der Waals surface area contributed by atoms with Crippen molar-refractivity contribution in [3.8, 4) is 0 Å². The molecule has 8 heteroatoms. The van der Waals surface area contributed by atoms with Crippen LogP contribution in [0.2, 0.25) is 0 Å². The van der Waals surface area contributed by atoms with Gasteiger partial charge in [-0.1, -0.05) is 11.2 Å². The molecule has 2 rings (SSSR count). The molecule has 0 saturated carbocycles. The summed E-state index contributed by atoms with van der Waals surface area (Å²) in [6, 6.07) is 4.90. The second kappa shape index (κ2) is 5.66. The average Bonchev–Trinajstić information content (AvgIpc) is 2.92. The second-order valence-electron chi connectivity index (χ2n) is 4.55. The number of carbonyl (C=O) groups is 1. The summed E-state index contributed by atoms with van der Waals surface area (Å²) in [5.74, 6) is -1.17.